The van der Waals surface area contributed by atoms with Gasteiger partial charge in [0.2, 0.25) is 0 Å². The SMILES string of the molecule is CCn1ccnc1CC(=O)CCSC. The summed E-state index contributed by atoms with van der Waals surface area (Å²) in [6, 6.07) is 0. The van der Waals surface area contributed by atoms with Crippen LogP contribution in [0.25, 0.3) is 0 Å². The molecule has 0 aromatic carbocycles. The summed E-state index contributed by atoms with van der Waals surface area (Å²) in [5.41, 5.74) is 0. The fourth-order valence-electron chi connectivity index (χ4n) is 1.28. The fourth-order valence-corrected chi connectivity index (χ4v) is 1.71. The molecule has 1 aromatic rings. The Morgan fingerprint density at radius 2 is 2.43 bits per heavy atom. The molecule has 4 heteroatoms. The van der Waals surface area contributed by atoms with E-state index in [-0.39, 0.29) is 5.78 Å². The third-order valence-electron chi connectivity index (χ3n) is 2.08. The zero-order chi connectivity index (χ0) is 10.4. The van der Waals surface area contributed by atoms with E-state index in [0.29, 0.717) is 12.8 Å². The highest BCUT2D eigenvalue weighted by molar-refractivity contribution is 7.98. The van der Waals surface area contributed by atoms with Crippen molar-refractivity contribution in [2.45, 2.75) is 26.3 Å². The average molecular weight is 212 g/mol. The van der Waals surface area contributed by atoms with Crippen LogP contribution in [0.5, 0.6) is 0 Å². The number of carbonyl (C=O) groups excluding carboxylic acids is 1. The maximum absolute atomic E-state index is 11.5. The third-order valence-corrected chi connectivity index (χ3v) is 2.70. The number of nitrogens with zero attached hydrogens (tertiary/aromatic N) is 2. The molecule has 78 valence electrons. The topological polar surface area (TPSA) is 34.9 Å². The molecule has 1 rings (SSSR count). The summed E-state index contributed by atoms with van der Waals surface area (Å²) in [4.78, 5) is 15.6. The minimum Gasteiger partial charge on any atom is -0.335 e. The number of hydrogen-bond acceptors (Lipinski definition) is 3. The Balaban J connectivity index is 2.47. The minimum atomic E-state index is 0.278. The van der Waals surface area contributed by atoms with Crippen LogP contribution in [-0.2, 0) is 17.8 Å². The highest BCUT2D eigenvalue weighted by Crippen LogP contribution is 2.03. The number of imidazole rings is 1. The first-order valence-electron chi connectivity index (χ1n) is 4.78. The van der Waals surface area contributed by atoms with E-state index in [4.69, 9.17) is 0 Å². The van der Waals surface area contributed by atoms with Crippen molar-refractivity contribution < 1.29 is 4.79 Å². The zero-order valence-electron chi connectivity index (χ0n) is 8.69. The number of Topliss-reactive ketones (excluding diaryl/α,β-unsaturated/α-hetero) is 1. The molecule has 0 radical (unpaired) electrons. The van der Waals surface area contributed by atoms with Crippen LogP contribution in [-0.4, -0.2) is 27.3 Å². The maximum Gasteiger partial charge on any atom is 0.141 e. The molecule has 0 unspecified atom stereocenters. The second-order valence-corrected chi connectivity index (χ2v) is 4.07. The molecular formula is C10H16N2OS. The molecule has 0 aliphatic carbocycles. The van der Waals surface area contributed by atoms with Crippen LogP contribution in [0.3, 0.4) is 0 Å². The Morgan fingerprint density at radius 1 is 1.64 bits per heavy atom. The van der Waals surface area contributed by atoms with Crippen molar-refractivity contribution in [2.24, 2.45) is 0 Å². The molecule has 0 aliphatic rings. The molecule has 0 atom stereocenters. The molecule has 0 spiro atoms. The Labute approximate surface area is 88.9 Å². The highest BCUT2D eigenvalue weighted by Gasteiger charge is 2.07. The molecule has 1 heterocycles. The van der Waals surface area contributed by atoms with E-state index < -0.39 is 0 Å². The lowest BCUT2D eigenvalue weighted by atomic mass is 10.2. The van der Waals surface area contributed by atoms with Crippen LogP contribution in [0.4, 0.5) is 0 Å². The number of aryl methyl sites for hydroxylation is 1. The van der Waals surface area contributed by atoms with Crippen molar-refractivity contribution in [3.63, 3.8) is 0 Å². The predicted molar refractivity (Wildman–Crippen MR) is 59.6 cm³/mol. The van der Waals surface area contributed by atoms with E-state index in [1.54, 1.807) is 18.0 Å². The lowest BCUT2D eigenvalue weighted by Crippen LogP contribution is -2.09. The Kier molecular flexibility index (Phi) is 4.73. The molecule has 0 fully saturated rings. The van der Waals surface area contributed by atoms with Gasteiger partial charge in [-0.25, -0.2) is 4.98 Å². The van der Waals surface area contributed by atoms with Crippen LogP contribution in [0, 0.1) is 0 Å². The van der Waals surface area contributed by atoms with Gasteiger partial charge in [-0.15, -0.1) is 0 Å². The monoisotopic (exact) mass is 212 g/mol. The standard InChI is InChI=1S/C10H16N2OS/c1-3-12-6-5-11-10(12)8-9(13)4-7-14-2/h5-6H,3-4,7-8H2,1-2H3. The normalized spacial score (nSPS) is 10.4. The summed E-state index contributed by atoms with van der Waals surface area (Å²) < 4.78 is 2.01. The molecule has 0 N–H and O–H groups in total. The van der Waals surface area contributed by atoms with Gasteiger partial charge in [0.05, 0.1) is 6.42 Å². The summed E-state index contributed by atoms with van der Waals surface area (Å²) in [7, 11) is 0. The average Bonchev–Trinajstić information content (AvgIpc) is 2.62. The second kappa shape index (κ2) is 5.86. The Hall–Kier alpha value is -0.770. The summed E-state index contributed by atoms with van der Waals surface area (Å²) in [6.07, 6.45) is 6.80. The second-order valence-electron chi connectivity index (χ2n) is 3.09. The van der Waals surface area contributed by atoms with Crippen LogP contribution in [0.15, 0.2) is 12.4 Å². The smallest absolute Gasteiger partial charge is 0.141 e. The van der Waals surface area contributed by atoms with Crippen molar-refractivity contribution in [3.05, 3.63) is 18.2 Å². The molecule has 0 bridgehead atoms. The zero-order valence-corrected chi connectivity index (χ0v) is 9.51. The van der Waals surface area contributed by atoms with Crippen molar-refractivity contribution in [1.29, 1.82) is 0 Å². The predicted octanol–water partition coefficient (Wildman–Crippen LogP) is 1.77. The Morgan fingerprint density at radius 3 is 3.07 bits per heavy atom. The van der Waals surface area contributed by atoms with Gasteiger partial charge in [0.25, 0.3) is 0 Å². The van der Waals surface area contributed by atoms with Crippen LogP contribution in [0.2, 0.25) is 0 Å². The minimum absolute atomic E-state index is 0.278. The lowest BCUT2D eigenvalue weighted by molar-refractivity contribution is -0.118. The van der Waals surface area contributed by atoms with Gasteiger partial charge in [-0.3, -0.25) is 4.79 Å². The number of carbonyl (C=O) groups is 1. The van der Waals surface area contributed by atoms with E-state index in [9.17, 15) is 4.79 Å². The number of rotatable bonds is 6. The van der Waals surface area contributed by atoms with E-state index >= 15 is 0 Å². The van der Waals surface area contributed by atoms with Crippen molar-refractivity contribution in [2.75, 3.05) is 12.0 Å². The molecule has 0 saturated carbocycles. The van der Waals surface area contributed by atoms with E-state index in [2.05, 4.69) is 11.9 Å². The summed E-state index contributed by atoms with van der Waals surface area (Å²) in [5.74, 6) is 2.07. The quantitative estimate of drug-likeness (QED) is 0.721. The van der Waals surface area contributed by atoms with Gasteiger partial charge in [0, 0.05) is 25.4 Å². The van der Waals surface area contributed by atoms with Gasteiger partial charge >= 0.3 is 0 Å². The Bertz CT molecular complexity index is 296. The molecular weight excluding hydrogens is 196 g/mol. The first kappa shape index (κ1) is 11.3. The van der Waals surface area contributed by atoms with Crippen LogP contribution >= 0.6 is 11.8 Å². The van der Waals surface area contributed by atoms with E-state index in [1.165, 1.54) is 0 Å². The number of thioether (sulfide) groups is 1. The van der Waals surface area contributed by atoms with Gasteiger partial charge in [-0.05, 0) is 18.9 Å². The van der Waals surface area contributed by atoms with E-state index in [0.717, 1.165) is 18.1 Å². The van der Waals surface area contributed by atoms with Crippen LogP contribution < -0.4 is 0 Å². The highest BCUT2D eigenvalue weighted by atomic mass is 32.2. The number of aromatic nitrogens is 2. The summed E-state index contributed by atoms with van der Waals surface area (Å²) >= 11 is 1.70. The van der Waals surface area contributed by atoms with E-state index in [1.807, 2.05) is 17.0 Å². The third kappa shape index (κ3) is 3.18. The van der Waals surface area contributed by atoms with Gasteiger partial charge in [-0.1, -0.05) is 0 Å². The molecule has 3 nitrogen and oxygen atoms in total. The number of hydrogen-bond donors (Lipinski definition) is 0. The van der Waals surface area contributed by atoms with Gasteiger partial charge in [0.1, 0.15) is 11.6 Å². The fraction of sp³-hybridized carbons (Fsp3) is 0.600. The summed E-state index contributed by atoms with van der Waals surface area (Å²) in [5, 5.41) is 0. The molecule has 0 amide bonds. The van der Waals surface area contributed by atoms with Gasteiger partial charge in [-0.2, -0.15) is 11.8 Å². The largest absolute Gasteiger partial charge is 0.335 e. The van der Waals surface area contributed by atoms with Crippen molar-refractivity contribution in [1.82, 2.24) is 9.55 Å². The lowest BCUT2D eigenvalue weighted by Gasteiger charge is -2.03. The first-order chi connectivity index (χ1) is 6.77. The first-order valence-corrected chi connectivity index (χ1v) is 6.18. The molecule has 0 saturated heterocycles. The molecule has 1 aromatic heterocycles. The summed E-state index contributed by atoms with van der Waals surface area (Å²) in [6.45, 7) is 2.93. The van der Waals surface area contributed by atoms with Crippen LogP contribution in [0.1, 0.15) is 19.2 Å². The van der Waals surface area contributed by atoms with Crippen molar-refractivity contribution >= 4 is 17.5 Å². The molecule has 0 aliphatic heterocycles. The van der Waals surface area contributed by atoms with Gasteiger partial charge in [0.15, 0.2) is 0 Å². The van der Waals surface area contributed by atoms with Crippen molar-refractivity contribution in [3.8, 4) is 0 Å². The van der Waals surface area contributed by atoms with Gasteiger partial charge < -0.3 is 4.57 Å². The molecule has 14 heavy (non-hydrogen) atoms. The maximum atomic E-state index is 11.5. The number of ketones is 1.